The van der Waals surface area contributed by atoms with Crippen molar-refractivity contribution < 1.29 is 14.6 Å². The van der Waals surface area contributed by atoms with Gasteiger partial charge in [0.25, 0.3) is 0 Å². The van der Waals surface area contributed by atoms with Crippen LogP contribution in [0.1, 0.15) is 53.9 Å². The third kappa shape index (κ3) is 6.97. The number of hydrogen-bond acceptors (Lipinski definition) is 3. The van der Waals surface area contributed by atoms with E-state index in [1.54, 1.807) is 6.92 Å². The molecule has 0 aliphatic carbocycles. The van der Waals surface area contributed by atoms with Crippen molar-refractivity contribution >= 4 is 5.97 Å². The number of hydrogen-bond donors (Lipinski definition) is 2. The molecule has 0 aliphatic heterocycles. The average molecular weight is 259 g/mol. The summed E-state index contributed by atoms with van der Waals surface area (Å²) in [5, 5.41) is 12.3. The van der Waals surface area contributed by atoms with Gasteiger partial charge in [-0.3, -0.25) is 4.79 Å². The zero-order valence-corrected chi connectivity index (χ0v) is 12.5. The maximum absolute atomic E-state index is 11.2. The lowest BCUT2D eigenvalue weighted by molar-refractivity contribution is -0.145. The minimum Gasteiger partial charge on any atom is -0.480 e. The maximum Gasteiger partial charge on any atom is 0.323 e. The number of aliphatic carboxylic acids is 1. The molecule has 0 radical (unpaired) electrons. The third-order valence-electron chi connectivity index (χ3n) is 3.06. The van der Waals surface area contributed by atoms with Crippen molar-refractivity contribution in [3.8, 4) is 0 Å². The Morgan fingerprint density at radius 1 is 1.39 bits per heavy atom. The first kappa shape index (κ1) is 17.4. The molecule has 0 fully saturated rings. The van der Waals surface area contributed by atoms with Gasteiger partial charge in [-0.25, -0.2) is 0 Å². The molecule has 4 nitrogen and oxygen atoms in total. The second kappa shape index (κ2) is 8.48. The van der Waals surface area contributed by atoms with E-state index >= 15 is 0 Å². The number of carboxylic acids is 1. The van der Waals surface area contributed by atoms with E-state index in [1.165, 1.54) is 0 Å². The van der Waals surface area contributed by atoms with Gasteiger partial charge < -0.3 is 15.2 Å². The van der Waals surface area contributed by atoms with E-state index in [0.717, 1.165) is 12.8 Å². The predicted octanol–water partition coefficient (Wildman–Crippen LogP) is 2.67. The Kier molecular flexibility index (Phi) is 8.20. The molecule has 0 bridgehead atoms. The van der Waals surface area contributed by atoms with E-state index < -0.39 is 11.5 Å². The van der Waals surface area contributed by atoms with Crippen LogP contribution in [0.5, 0.6) is 0 Å². The Hall–Kier alpha value is -0.610. The van der Waals surface area contributed by atoms with Crippen molar-refractivity contribution in [2.24, 2.45) is 5.92 Å². The molecule has 0 aliphatic rings. The molecule has 0 saturated heterocycles. The number of carboxylic acid groups (broad SMARTS) is 1. The standard InChI is InChI=1S/C14H29NO3/c1-6-15-14(5,13(16)17)10-12(4)18-9-7-8-11(2)3/h11-12,15H,6-10H2,1-5H3,(H,16,17). The fourth-order valence-corrected chi connectivity index (χ4v) is 2.04. The minimum absolute atomic E-state index is 0.0442. The quantitative estimate of drug-likeness (QED) is 0.592. The lowest BCUT2D eigenvalue weighted by Gasteiger charge is -2.28. The number of nitrogens with one attached hydrogen (secondary N) is 1. The predicted molar refractivity (Wildman–Crippen MR) is 73.8 cm³/mol. The Bertz CT molecular complexity index is 243. The van der Waals surface area contributed by atoms with Crippen molar-refractivity contribution in [3.63, 3.8) is 0 Å². The van der Waals surface area contributed by atoms with E-state index in [2.05, 4.69) is 19.2 Å². The maximum atomic E-state index is 11.2. The van der Waals surface area contributed by atoms with Gasteiger partial charge in [0.05, 0.1) is 6.10 Å². The highest BCUT2D eigenvalue weighted by Crippen LogP contribution is 2.15. The summed E-state index contributed by atoms with van der Waals surface area (Å²) in [4.78, 5) is 11.2. The van der Waals surface area contributed by atoms with Crippen LogP contribution in [0, 0.1) is 5.92 Å². The van der Waals surface area contributed by atoms with E-state index in [1.807, 2.05) is 13.8 Å². The van der Waals surface area contributed by atoms with Crippen LogP contribution in [-0.4, -0.2) is 35.9 Å². The minimum atomic E-state index is -0.897. The highest BCUT2D eigenvalue weighted by molar-refractivity contribution is 5.78. The van der Waals surface area contributed by atoms with Gasteiger partial charge in [-0.05, 0) is 39.2 Å². The van der Waals surface area contributed by atoms with Crippen molar-refractivity contribution in [3.05, 3.63) is 0 Å². The van der Waals surface area contributed by atoms with Gasteiger partial charge in [0, 0.05) is 13.0 Å². The molecule has 0 saturated carbocycles. The average Bonchev–Trinajstić information content (AvgIpc) is 2.24. The summed E-state index contributed by atoms with van der Waals surface area (Å²) in [6, 6.07) is 0. The second-order valence-electron chi connectivity index (χ2n) is 5.59. The van der Waals surface area contributed by atoms with Crippen LogP contribution >= 0.6 is 0 Å². The Morgan fingerprint density at radius 3 is 2.44 bits per heavy atom. The van der Waals surface area contributed by atoms with E-state index in [4.69, 9.17) is 4.74 Å². The summed E-state index contributed by atoms with van der Waals surface area (Å²) in [6.07, 6.45) is 2.62. The van der Waals surface area contributed by atoms with Gasteiger partial charge in [-0.1, -0.05) is 20.8 Å². The first-order valence-electron chi connectivity index (χ1n) is 6.91. The Balaban J connectivity index is 4.03. The highest BCUT2D eigenvalue weighted by atomic mass is 16.5. The van der Waals surface area contributed by atoms with Crippen LogP contribution in [0.2, 0.25) is 0 Å². The summed E-state index contributed by atoms with van der Waals surface area (Å²) < 4.78 is 5.68. The van der Waals surface area contributed by atoms with Crippen molar-refractivity contribution in [2.45, 2.75) is 65.5 Å². The zero-order valence-electron chi connectivity index (χ0n) is 12.5. The van der Waals surface area contributed by atoms with E-state index in [9.17, 15) is 9.90 Å². The van der Waals surface area contributed by atoms with Crippen molar-refractivity contribution in [1.82, 2.24) is 5.32 Å². The second-order valence-corrected chi connectivity index (χ2v) is 5.59. The third-order valence-corrected chi connectivity index (χ3v) is 3.06. The number of carbonyl (C=O) groups is 1. The van der Waals surface area contributed by atoms with Gasteiger partial charge in [-0.2, -0.15) is 0 Å². The van der Waals surface area contributed by atoms with Crippen LogP contribution in [0.3, 0.4) is 0 Å². The molecular formula is C14H29NO3. The van der Waals surface area contributed by atoms with Gasteiger partial charge in [0.1, 0.15) is 5.54 Å². The van der Waals surface area contributed by atoms with Gasteiger partial charge in [0.15, 0.2) is 0 Å². The van der Waals surface area contributed by atoms with Crippen molar-refractivity contribution in [2.75, 3.05) is 13.2 Å². The fourth-order valence-electron chi connectivity index (χ4n) is 2.04. The van der Waals surface area contributed by atoms with Crippen LogP contribution in [0.15, 0.2) is 0 Å². The number of ether oxygens (including phenoxy) is 1. The fraction of sp³-hybridized carbons (Fsp3) is 0.929. The lowest BCUT2D eigenvalue weighted by Crippen LogP contribution is -2.51. The molecule has 2 atom stereocenters. The molecule has 0 amide bonds. The summed E-state index contributed by atoms with van der Waals surface area (Å²) in [5.41, 5.74) is -0.897. The summed E-state index contributed by atoms with van der Waals surface area (Å²) in [6.45, 7) is 11.3. The zero-order chi connectivity index (χ0) is 14.2. The van der Waals surface area contributed by atoms with E-state index in [0.29, 0.717) is 25.5 Å². The smallest absolute Gasteiger partial charge is 0.323 e. The largest absolute Gasteiger partial charge is 0.480 e. The van der Waals surface area contributed by atoms with E-state index in [-0.39, 0.29) is 6.10 Å². The molecule has 0 spiro atoms. The summed E-state index contributed by atoms with van der Waals surface area (Å²) >= 11 is 0. The van der Waals surface area contributed by atoms with Gasteiger partial charge >= 0.3 is 5.97 Å². The van der Waals surface area contributed by atoms with Gasteiger partial charge in [-0.15, -0.1) is 0 Å². The van der Waals surface area contributed by atoms with Gasteiger partial charge in [0.2, 0.25) is 0 Å². The van der Waals surface area contributed by atoms with Crippen LogP contribution < -0.4 is 5.32 Å². The molecule has 18 heavy (non-hydrogen) atoms. The SMILES string of the molecule is CCNC(C)(CC(C)OCCCC(C)C)C(=O)O. The molecule has 0 aromatic heterocycles. The highest BCUT2D eigenvalue weighted by Gasteiger charge is 2.33. The summed E-state index contributed by atoms with van der Waals surface area (Å²) in [5.74, 6) is -0.128. The molecule has 2 N–H and O–H groups in total. The van der Waals surface area contributed by atoms with Crippen LogP contribution in [-0.2, 0) is 9.53 Å². The molecule has 4 heteroatoms. The lowest BCUT2D eigenvalue weighted by atomic mass is 9.95. The van der Waals surface area contributed by atoms with Crippen LogP contribution in [0.25, 0.3) is 0 Å². The van der Waals surface area contributed by atoms with Crippen molar-refractivity contribution in [1.29, 1.82) is 0 Å². The topological polar surface area (TPSA) is 58.6 Å². The molecule has 2 unspecified atom stereocenters. The molecule has 0 aromatic rings. The normalized spacial score (nSPS) is 16.6. The van der Waals surface area contributed by atoms with Crippen LogP contribution in [0.4, 0.5) is 0 Å². The first-order chi connectivity index (χ1) is 8.31. The number of rotatable bonds is 10. The molecule has 0 aromatic carbocycles. The Labute approximate surface area is 111 Å². The first-order valence-corrected chi connectivity index (χ1v) is 6.91. The molecule has 0 heterocycles. The summed E-state index contributed by atoms with van der Waals surface area (Å²) in [7, 11) is 0. The molecular weight excluding hydrogens is 230 g/mol. The number of likely N-dealkylation sites (N-methyl/N-ethyl adjacent to an activating group) is 1. The molecule has 108 valence electrons. The Morgan fingerprint density at radius 2 is 2.00 bits per heavy atom. The monoisotopic (exact) mass is 259 g/mol. The molecule has 0 rings (SSSR count).